The van der Waals surface area contributed by atoms with Gasteiger partial charge in [-0.15, -0.1) is 23.2 Å². The average Bonchev–Trinajstić information content (AvgIpc) is 2.86. The Balaban J connectivity index is 2.21. The van der Waals surface area contributed by atoms with Crippen molar-refractivity contribution in [2.75, 3.05) is 6.61 Å². The molecule has 1 aliphatic carbocycles. The van der Waals surface area contributed by atoms with Crippen LogP contribution in [-0.4, -0.2) is 28.9 Å². The maximum Gasteiger partial charge on any atom is 0.315 e. The number of esters is 1. The van der Waals surface area contributed by atoms with Crippen molar-refractivity contribution in [3.63, 3.8) is 0 Å². The number of hydrogen-bond acceptors (Lipinski definition) is 3. The van der Waals surface area contributed by atoms with Crippen molar-refractivity contribution in [3.8, 4) is 0 Å². The highest BCUT2D eigenvalue weighted by molar-refractivity contribution is 6.53. The van der Waals surface area contributed by atoms with Gasteiger partial charge >= 0.3 is 5.97 Å². The average molecular weight is 338 g/mol. The third-order valence-electron chi connectivity index (χ3n) is 3.87. The molecule has 1 N–H and O–H groups in total. The van der Waals surface area contributed by atoms with Gasteiger partial charge in [0.1, 0.15) is 9.75 Å². The summed E-state index contributed by atoms with van der Waals surface area (Å²) in [5.41, 5.74) is -0.890. The van der Waals surface area contributed by atoms with E-state index in [1.165, 1.54) is 0 Å². The van der Waals surface area contributed by atoms with E-state index in [-0.39, 0.29) is 18.6 Å². The number of ether oxygens (including phenoxy) is 1. The van der Waals surface area contributed by atoms with Crippen molar-refractivity contribution < 1.29 is 14.3 Å². The van der Waals surface area contributed by atoms with Crippen molar-refractivity contribution in [3.05, 3.63) is 0 Å². The zero-order valence-corrected chi connectivity index (χ0v) is 14.7. The van der Waals surface area contributed by atoms with Gasteiger partial charge in [-0.1, -0.05) is 26.7 Å². The number of halogens is 2. The molecule has 0 saturated heterocycles. The summed E-state index contributed by atoms with van der Waals surface area (Å²) in [5.74, 6) is -0.144. The SMILES string of the molecule is CC(C)CCCC(C)NC(=O)COC(=O)C1(C)CC1(Cl)Cl. The Morgan fingerprint density at radius 3 is 2.29 bits per heavy atom. The van der Waals surface area contributed by atoms with Gasteiger partial charge in [-0.25, -0.2) is 0 Å². The Morgan fingerprint density at radius 2 is 1.81 bits per heavy atom. The summed E-state index contributed by atoms with van der Waals surface area (Å²) in [6.07, 6.45) is 3.48. The molecule has 2 atom stereocenters. The highest BCUT2D eigenvalue weighted by atomic mass is 35.5. The summed E-state index contributed by atoms with van der Waals surface area (Å²) >= 11 is 11.8. The summed E-state index contributed by atoms with van der Waals surface area (Å²) in [7, 11) is 0. The molecule has 21 heavy (non-hydrogen) atoms. The van der Waals surface area contributed by atoms with E-state index in [4.69, 9.17) is 27.9 Å². The van der Waals surface area contributed by atoms with Gasteiger partial charge < -0.3 is 10.1 Å². The molecule has 0 radical (unpaired) electrons. The molecule has 122 valence electrons. The van der Waals surface area contributed by atoms with Gasteiger partial charge in [-0.3, -0.25) is 9.59 Å². The van der Waals surface area contributed by atoms with Gasteiger partial charge in [0.25, 0.3) is 5.91 Å². The highest BCUT2D eigenvalue weighted by Crippen LogP contribution is 2.64. The third-order valence-corrected chi connectivity index (χ3v) is 4.97. The van der Waals surface area contributed by atoms with Crippen LogP contribution in [0.1, 0.15) is 53.4 Å². The molecule has 0 aromatic rings. The molecule has 1 fully saturated rings. The molecule has 4 nitrogen and oxygen atoms in total. The van der Waals surface area contributed by atoms with Crippen molar-refractivity contribution in [2.24, 2.45) is 11.3 Å². The van der Waals surface area contributed by atoms with Gasteiger partial charge in [-0.2, -0.15) is 0 Å². The lowest BCUT2D eigenvalue weighted by atomic mass is 10.0. The first-order valence-electron chi connectivity index (χ1n) is 7.43. The molecular formula is C15H25Cl2NO3. The second-order valence-electron chi connectivity index (χ2n) is 6.58. The number of nitrogens with one attached hydrogen (secondary N) is 1. The minimum absolute atomic E-state index is 0.0756. The van der Waals surface area contributed by atoms with Crippen LogP contribution in [0.2, 0.25) is 0 Å². The summed E-state index contributed by atoms with van der Waals surface area (Å²) < 4.78 is 3.93. The standard InChI is InChI=1S/C15H25Cl2NO3/c1-10(2)6-5-7-11(3)18-12(19)8-21-13(20)14(4)9-15(14,16)17/h10-11H,5-9H2,1-4H3,(H,18,19). The summed E-state index contributed by atoms with van der Waals surface area (Å²) in [5, 5.41) is 2.82. The predicted octanol–water partition coefficient (Wildman–Crippen LogP) is 3.44. The molecule has 2 unspecified atom stereocenters. The Kier molecular flexibility index (Phi) is 6.36. The van der Waals surface area contributed by atoms with Crippen LogP contribution in [0, 0.1) is 11.3 Å². The topological polar surface area (TPSA) is 55.4 Å². The van der Waals surface area contributed by atoms with Crippen LogP contribution in [0.5, 0.6) is 0 Å². The van der Waals surface area contributed by atoms with Crippen molar-refractivity contribution in [1.29, 1.82) is 0 Å². The number of alkyl halides is 2. The van der Waals surface area contributed by atoms with Gasteiger partial charge in [0.2, 0.25) is 0 Å². The zero-order valence-electron chi connectivity index (χ0n) is 13.2. The first kappa shape index (κ1) is 18.6. The number of hydrogen-bond donors (Lipinski definition) is 1. The third kappa shape index (κ3) is 5.33. The maximum absolute atomic E-state index is 11.8. The number of amides is 1. The summed E-state index contributed by atoms with van der Waals surface area (Å²) in [6.45, 7) is 7.66. The minimum atomic E-state index is -1.06. The number of carbonyl (C=O) groups excluding carboxylic acids is 2. The normalized spacial score (nSPS) is 24.5. The lowest BCUT2D eigenvalue weighted by Crippen LogP contribution is -2.36. The molecule has 0 aliphatic heterocycles. The first-order chi connectivity index (χ1) is 9.58. The van der Waals surface area contributed by atoms with Crippen molar-refractivity contribution in [1.82, 2.24) is 5.32 Å². The molecule has 0 bridgehead atoms. The fraction of sp³-hybridized carbons (Fsp3) is 0.867. The largest absolute Gasteiger partial charge is 0.455 e. The quantitative estimate of drug-likeness (QED) is 0.545. The molecule has 0 aromatic heterocycles. The molecular weight excluding hydrogens is 313 g/mol. The molecule has 0 aromatic carbocycles. The molecule has 0 spiro atoms. The first-order valence-corrected chi connectivity index (χ1v) is 8.18. The van der Waals surface area contributed by atoms with Gasteiger partial charge in [0, 0.05) is 12.5 Å². The van der Waals surface area contributed by atoms with E-state index < -0.39 is 15.7 Å². The van der Waals surface area contributed by atoms with Crippen LogP contribution in [0.15, 0.2) is 0 Å². The van der Waals surface area contributed by atoms with Gasteiger partial charge in [0.05, 0.1) is 0 Å². The second-order valence-corrected chi connectivity index (χ2v) is 8.07. The highest BCUT2D eigenvalue weighted by Gasteiger charge is 2.69. The zero-order chi connectivity index (χ0) is 16.3. The molecule has 6 heteroatoms. The van der Waals surface area contributed by atoms with Crippen LogP contribution in [0.25, 0.3) is 0 Å². The van der Waals surface area contributed by atoms with Gasteiger partial charge in [-0.05, 0) is 26.2 Å². The van der Waals surface area contributed by atoms with E-state index in [1.54, 1.807) is 6.92 Å². The van der Waals surface area contributed by atoms with Crippen molar-refractivity contribution >= 4 is 35.1 Å². The lowest BCUT2D eigenvalue weighted by Gasteiger charge is -2.16. The monoisotopic (exact) mass is 337 g/mol. The van der Waals surface area contributed by atoms with Crippen molar-refractivity contribution in [2.45, 2.75) is 63.8 Å². The Morgan fingerprint density at radius 1 is 1.24 bits per heavy atom. The van der Waals surface area contributed by atoms with E-state index in [0.29, 0.717) is 12.3 Å². The minimum Gasteiger partial charge on any atom is -0.455 e. The van der Waals surface area contributed by atoms with Crippen LogP contribution in [0.4, 0.5) is 0 Å². The van der Waals surface area contributed by atoms with Crippen LogP contribution in [0.3, 0.4) is 0 Å². The molecule has 1 aliphatic rings. The smallest absolute Gasteiger partial charge is 0.315 e. The van der Waals surface area contributed by atoms with Crippen LogP contribution >= 0.6 is 23.2 Å². The molecule has 1 saturated carbocycles. The van der Waals surface area contributed by atoms with E-state index in [0.717, 1.165) is 19.3 Å². The van der Waals surface area contributed by atoms with E-state index >= 15 is 0 Å². The molecule has 0 heterocycles. The Bertz CT molecular complexity index is 398. The lowest BCUT2D eigenvalue weighted by molar-refractivity contribution is -0.153. The Hall–Kier alpha value is -0.480. The fourth-order valence-corrected chi connectivity index (χ4v) is 2.82. The van der Waals surface area contributed by atoms with Crippen LogP contribution < -0.4 is 5.32 Å². The maximum atomic E-state index is 11.8. The number of rotatable bonds is 8. The van der Waals surface area contributed by atoms with E-state index in [9.17, 15) is 9.59 Å². The van der Waals surface area contributed by atoms with E-state index in [1.807, 2.05) is 6.92 Å². The predicted molar refractivity (Wildman–Crippen MR) is 84.4 cm³/mol. The molecule has 1 rings (SSSR count). The van der Waals surface area contributed by atoms with Gasteiger partial charge in [0.15, 0.2) is 6.61 Å². The van der Waals surface area contributed by atoms with E-state index in [2.05, 4.69) is 19.2 Å². The molecule has 1 amide bonds. The Labute approximate surface area is 136 Å². The van der Waals surface area contributed by atoms with Crippen LogP contribution in [-0.2, 0) is 14.3 Å². The summed E-state index contributed by atoms with van der Waals surface area (Å²) in [6, 6.07) is 0.0756. The summed E-state index contributed by atoms with van der Waals surface area (Å²) in [4.78, 5) is 23.5. The number of carbonyl (C=O) groups is 2. The second kappa shape index (κ2) is 7.19. The fourth-order valence-electron chi connectivity index (χ4n) is 2.13.